The molecule has 3 heterocycles. The van der Waals surface area contributed by atoms with Crippen molar-refractivity contribution < 1.29 is 19.8 Å². The molecule has 2 unspecified atom stereocenters. The third-order valence-electron chi connectivity index (χ3n) is 4.93. The molecule has 0 saturated carbocycles. The van der Waals surface area contributed by atoms with E-state index < -0.39 is 24.0 Å². The first kappa shape index (κ1) is 20.4. The quantitative estimate of drug-likeness (QED) is 0.646. The monoisotopic (exact) mass is 403 g/mol. The Hall–Kier alpha value is -2.29. The Morgan fingerprint density at radius 2 is 2.11 bits per heavy atom. The number of likely N-dealkylation sites (tertiary alicyclic amines) is 1. The molecule has 2 amide bonds. The van der Waals surface area contributed by atoms with Gasteiger partial charge in [-0.3, -0.25) is 14.6 Å². The first-order valence-electron chi connectivity index (χ1n) is 9.44. The van der Waals surface area contributed by atoms with Gasteiger partial charge in [-0.1, -0.05) is 12.1 Å². The third kappa shape index (κ3) is 4.95. The molecule has 150 valence electrons. The van der Waals surface area contributed by atoms with E-state index >= 15 is 0 Å². The largest absolute Gasteiger partial charge is 0.380 e. The molecule has 3 rings (SSSR count). The van der Waals surface area contributed by atoms with Gasteiger partial charge in [-0.25, -0.2) is 0 Å². The summed E-state index contributed by atoms with van der Waals surface area (Å²) in [6.07, 6.45) is 2.95. The standard InChI is InChI=1S/C20H25N3O4S/c24-17(19(26)22-10-8-15-6-4-12-28-15)18(25)20(27)23-11-2-1-7-16(23)14-5-3-9-21-13-14/h3-6,9,12-13,16-18,24-25H,1-2,7-8,10-11H2,(H,22,26)/t16?,17?,18-/m1/s1. The van der Waals surface area contributed by atoms with Crippen LogP contribution in [0.15, 0.2) is 42.0 Å². The molecule has 0 radical (unpaired) electrons. The van der Waals surface area contributed by atoms with Crippen LogP contribution in [0.25, 0.3) is 0 Å². The lowest BCUT2D eigenvalue weighted by Crippen LogP contribution is -2.52. The van der Waals surface area contributed by atoms with Crippen molar-refractivity contribution >= 4 is 23.2 Å². The van der Waals surface area contributed by atoms with Gasteiger partial charge in [0.25, 0.3) is 11.8 Å². The molecule has 3 atom stereocenters. The third-order valence-corrected chi connectivity index (χ3v) is 5.86. The molecule has 8 heteroatoms. The summed E-state index contributed by atoms with van der Waals surface area (Å²) in [7, 11) is 0. The zero-order chi connectivity index (χ0) is 19.9. The van der Waals surface area contributed by atoms with Crippen LogP contribution in [0.3, 0.4) is 0 Å². The highest BCUT2D eigenvalue weighted by molar-refractivity contribution is 7.09. The number of aromatic nitrogens is 1. The molecule has 1 aliphatic heterocycles. The van der Waals surface area contributed by atoms with E-state index in [4.69, 9.17) is 0 Å². The minimum Gasteiger partial charge on any atom is -0.380 e. The van der Waals surface area contributed by atoms with E-state index in [1.165, 1.54) is 0 Å². The van der Waals surface area contributed by atoms with Crippen LogP contribution in [0.2, 0.25) is 0 Å². The molecule has 1 aliphatic rings. The normalized spacial score (nSPS) is 19.1. The van der Waals surface area contributed by atoms with Crippen LogP contribution in [0.4, 0.5) is 0 Å². The fourth-order valence-electron chi connectivity index (χ4n) is 3.43. The molecule has 1 fully saturated rings. The Bertz CT molecular complexity index is 769. The molecule has 7 nitrogen and oxygen atoms in total. The van der Waals surface area contributed by atoms with Gasteiger partial charge in [-0.05, 0) is 48.8 Å². The molecule has 3 N–H and O–H groups in total. The Morgan fingerprint density at radius 1 is 1.25 bits per heavy atom. The van der Waals surface area contributed by atoms with Crippen molar-refractivity contribution in [2.24, 2.45) is 0 Å². The average Bonchev–Trinajstić information content (AvgIpc) is 3.26. The minimum absolute atomic E-state index is 0.210. The van der Waals surface area contributed by atoms with Crippen molar-refractivity contribution in [3.05, 3.63) is 52.5 Å². The van der Waals surface area contributed by atoms with Gasteiger partial charge in [0.05, 0.1) is 6.04 Å². The number of aliphatic hydroxyl groups is 2. The zero-order valence-electron chi connectivity index (χ0n) is 15.5. The number of rotatable bonds is 7. The Labute approximate surface area is 168 Å². The van der Waals surface area contributed by atoms with Crippen LogP contribution in [0, 0.1) is 0 Å². The predicted molar refractivity (Wildman–Crippen MR) is 106 cm³/mol. The van der Waals surface area contributed by atoms with Gasteiger partial charge in [-0.15, -0.1) is 11.3 Å². The van der Waals surface area contributed by atoms with Crippen LogP contribution >= 0.6 is 11.3 Å². The number of nitrogens with zero attached hydrogens (tertiary/aromatic N) is 2. The highest BCUT2D eigenvalue weighted by Crippen LogP contribution is 2.31. The Morgan fingerprint density at radius 3 is 2.82 bits per heavy atom. The zero-order valence-corrected chi connectivity index (χ0v) is 16.3. The second kappa shape index (κ2) is 9.77. The second-order valence-corrected chi connectivity index (χ2v) is 7.87. The van der Waals surface area contributed by atoms with E-state index in [1.807, 2.05) is 23.6 Å². The van der Waals surface area contributed by atoms with Crippen molar-refractivity contribution in [3.63, 3.8) is 0 Å². The number of amides is 2. The highest BCUT2D eigenvalue weighted by Gasteiger charge is 2.37. The number of hydrogen-bond acceptors (Lipinski definition) is 6. The maximum atomic E-state index is 12.8. The van der Waals surface area contributed by atoms with E-state index in [9.17, 15) is 19.8 Å². The summed E-state index contributed by atoms with van der Waals surface area (Å²) in [6, 6.07) is 7.37. The van der Waals surface area contributed by atoms with E-state index in [0.29, 0.717) is 19.5 Å². The minimum atomic E-state index is -1.80. The number of aliphatic hydroxyl groups excluding tert-OH is 2. The molecule has 0 spiro atoms. The summed E-state index contributed by atoms with van der Waals surface area (Å²) >= 11 is 1.58. The Balaban J connectivity index is 1.58. The van der Waals surface area contributed by atoms with Gasteiger partial charge in [-0.2, -0.15) is 0 Å². The lowest BCUT2D eigenvalue weighted by Gasteiger charge is -2.37. The summed E-state index contributed by atoms with van der Waals surface area (Å²) < 4.78 is 0. The lowest BCUT2D eigenvalue weighted by molar-refractivity contribution is -0.156. The van der Waals surface area contributed by atoms with Crippen molar-refractivity contribution in [1.82, 2.24) is 15.2 Å². The molecule has 1 saturated heterocycles. The molecule has 2 aromatic heterocycles. The molecule has 0 aromatic carbocycles. The number of piperidine rings is 1. The van der Waals surface area contributed by atoms with Crippen molar-refractivity contribution in [2.75, 3.05) is 13.1 Å². The highest BCUT2D eigenvalue weighted by atomic mass is 32.1. The molecular formula is C20H25N3O4S. The van der Waals surface area contributed by atoms with Crippen molar-refractivity contribution in [3.8, 4) is 0 Å². The maximum absolute atomic E-state index is 12.8. The van der Waals surface area contributed by atoms with Gasteiger partial charge in [0.1, 0.15) is 0 Å². The Kier molecular flexibility index (Phi) is 7.13. The van der Waals surface area contributed by atoms with E-state index in [0.717, 1.165) is 29.7 Å². The van der Waals surface area contributed by atoms with Gasteiger partial charge >= 0.3 is 0 Å². The molecule has 28 heavy (non-hydrogen) atoms. The van der Waals surface area contributed by atoms with E-state index in [1.54, 1.807) is 34.7 Å². The maximum Gasteiger partial charge on any atom is 0.255 e. The van der Waals surface area contributed by atoms with Crippen molar-refractivity contribution in [2.45, 2.75) is 43.9 Å². The summed E-state index contributed by atoms with van der Waals surface area (Å²) in [5.41, 5.74) is 0.887. The number of pyridine rings is 1. The van der Waals surface area contributed by atoms with Gasteiger partial charge in [0.2, 0.25) is 0 Å². The molecule has 0 bridgehead atoms. The molecule has 2 aromatic rings. The summed E-state index contributed by atoms with van der Waals surface area (Å²) in [6.45, 7) is 0.807. The van der Waals surface area contributed by atoms with Crippen LogP contribution in [-0.4, -0.2) is 57.2 Å². The number of nitrogens with one attached hydrogen (secondary N) is 1. The van der Waals surface area contributed by atoms with Crippen molar-refractivity contribution in [1.29, 1.82) is 0 Å². The lowest BCUT2D eigenvalue weighted by atomic mass is 9.95. The first-order valence-corrected chi connectivity index (χ1v) is 10.3. The smallest absolute Gasteiger partial charge is 0.255 e. The van der Waals surface area contributed by atoms with Gasteiger partial charge < -0.3 is 20.4 Å². The van der Waals surface area contributed by atoms with Crippen LogP contribution in [-0.2, 0) is 16.0 Å². The number of carbonyl (C=O) groups excluding carboxylic acids is 2. The fraction of sp³-hybridized carbons (Fsp3) is 0.450. The van der Waals surface area contributed by atoms with Crippen LogP contribution < -0.4 is 5.32 Å². The molecular weight excluding hydrogens is 378 g/mol. The van der Waals surface area contributed by atoms with E-state index in [2.05, 4.69) is 10.3 Å². The number of hydrogen-bond donors (Lipinski definition) is 3. The first-order chi connectivity index (χ1) is 13.6. The molecule has 0 aliphatic carbocycles. The topological polar surface area (TPSA) is 103 Å². The van der Waals surface area contributed by atoms with E-state index in [-0.39, 0.29) is 6.04 Å². The van der Waals surface area contributed by atoms with Gasteiger partial charge in [0, 0.05) is 30.4 Å². The van der Waals surface area contributed by atoms with Crippen LogP contribution in [0.1, 0.15) is 35.7 Å². The number of thiophene rings is 1. The number of carbonyl (C=O) groups is 2. The fourth-order valence-corrected chi connectivity index (χ4v) is 4.14. The SMILES string of the molecule is O=C(NCCc1cccs1)C(O)[C@@H](O)C(=O)N1CCCCC1c1cccnc1. The van der Waals surface area contributed by atoms with Gasteiger partial charge in [0.15, 0.2) is 12.2 Å². The summed E-state index contributed by atoms with van der Waals surface area (Å²) in [5, 5.41) is 25.1. The van der Waals surface area contributed by atoms with Crippen LogP contribution in [0.5, 0.6) is 0 Å². The average molecular weight is 404 g/mol. The second-order valence-electron chi connectivity index (χ2n) is 6.84. The predicted octanol–water partition coefficient (Wildman–Crippen LogP) is 1.28. The summed E-state index contributed by atoms with van der Waals surface area (Å²) in [5.74, 6) is -1.37. The summed E-state index contributed by atoms with van der Waals surface area (Å²) in [4.78, 5) is 31.7.